The second-order valence-corrected chi connectivity index (χ2v) is 7.19. The molecule has 0 aliphatic carbocycles. The smallest absolute Gasteiger partial charge is 0.233 e. The number of rotatable bonds is 4. The zero-order valence-corrected chi connectivity index (χ0v) is 14.1. The molecule has 0 spiro atoms. The fourth-order valence-corrected chi connectivity index (χ4v) is 3.92. The minimum absolute atomic E-state index is 0.0535. The number of carbonyl (C=O) groups is 1. The molecule has 1 aromatic heterocycles. The van der Waals surface area contributed by atoms with Gasteiger partial charge in [0, 0.05) is 30.3 Å². The lowest BCUT2D eigenvalue weighted by atomic mass is 10.2. The first-order valence-corrected chi connectivity index (χ1v) is 8.77. The molecule has 0 radical (unpaired) electrons. The van der Waals surface area contributed by atoms with Gasteiger partial charge in [-0.05, 0) is 24.1 Å². The van der Waals surface area contributed by atoms with E-state index in [0.717, 1.165) is 17.8 Å². The van der Waals surface area contributed by atoms with Gasteiger partial charge in [-0.1, -0.05) is 13.8 Å². The highest BCUT2D eigenvalue weighted by molar-refractivity contribution is 8.00. The van der Waals surface area contributed by atoms with Crippen LogP contribution in [0.15, 0.2) is 48.8 Å². The molecule has 0 saturated carbocycles. The van der Waals surface area contributed by atoms with E-state index in [-0.39, 0.29) is 17.1 Å². The maximum Gasteiger partial charge on any atom is 0.233 e. The molecule has 2 aromatic rings. The summed E-state index contributed by atoms with van der Waals surface area (Å²) < 4.78 is 15.1. The summed E-state index contributed by atoms with van der Waals surface area (Å²) in [5.41, 5.74) is 1.99. The molecule has 2 heterocycles. The quantitative estimate of drug-likeness (QED) is 0.803. The Bertz CT molecular complexity index is 702. The van der Waals surface area contributed by atoms with Gasteiger partial charge in [0.05, 0.1) is 5.75 Å². The lowest BCUT2D eigenvalue weighted by Gasteiger charge is -2.25. The summed E-state index contributed by atoms with van der Waals surface area (Å²) in [6.45, 7) is 5.01. The molecule has 1 aromatic carbocycles. The number of nitrogens with zero attached hydrogens (tertiary/aromatic N) is 2. The van der Waals surface area contributed by atoms with Crippen LogP contribution in [-0.2, 0) is 4.79 Å². The highest BCUT2D eigenvalue weighted by Crippen LogP contribution is 2.38. The number of hydrogen-bond donors (Lipinski definition) is 0. The number of aromatic nitrogens is 1. The van der Waals surface area contributed by atoms with Crippen molar-refractivity contribution in [2.75, 3.05) is 12.3 Å². The average molecular weight is 331 g/mol. The van der Waals surface area contributed by atoms with Gasteiger partial charge in [0.15, 0.2) is 12.4 Å². The summed E-state index contributed by atoms with van der Waals surface area (Å²) in [4.78, 5) is 14.1. The first-order valence-electron chi connectivity index (χ1n) is 7.73. The van der Waals surface area contributed by atoms with Gasteiger partial charge in [0.1, 0.15) is 11.2 Å². The second-order valence-electron chi connectivity index (χ2n) is 6.12. The normalized spacial score (nSPS) is 18.0. The van der Waals surface area contributed by atoms with Crippen molar-refractivity contribution in [3.8, 4) is 5.69 Å². The maximum atomic E-state index is 13.1. The molecule has 1 unspecified atom stereocenters. The number of hydrogen-bond acceptors (Lipinski definition) is 2. The van der Waals surface area contributed by atoms with E-state index < -0.39 is 0 Å². The zero-order chi connectivity index (χ0) is 16.4. The van der Waals surface area contributed by atoms with Gasteiger partial charge in [-0.3, -0.25) is 4.79 Å². The molecule has 3 rings (SSSR count). The van der Waals surface area contributed by atoms with E-state index in [1.807, 2.05) is 34.0 Å². The highest BCUT2D eigenvalue weighted by Gasteiger charge is 2.34. The van der Waals surface area contributed by atoms with Crippen LogP contribution >= 0.6 is 11.8 Å². The predicted octanol–water partition coefficient (Wildman–Crippen LogP) is 3.33. The third-order valence-electron chi connectivity index (χ3n) is 3.76. The van der Waals surface area contributed by atoms with Crippen molar-refractivity contribution in [2.24, 2.45) is 5.92 Å². The van der Waals surface area contributed by atoms with E-state index in [0.29, 0.717) is 11.7 Å². The molecule has 1 amide bonds. The van der Waals surface area contributed by atoms with Crippen LogP contribution in [0.2, 0.25) is 0 Å². The number of thioether (sulfide) groups is 1. The van der Waals surface area contributed by atoms with Crippen LogP contribution in [0.5, 0.6) is 0 Å². The Hall–Kier alpha value is -1.88. The number of benzene rings is 1. The fraction of sp³-hybridized carbons (Fsp3) is 0.333. The minimum atomic E-state index is -0.245. The van der Waals surface area contributed by atoms with Crippen LogP contribution in [0.3, 0.4) is 0 Å². The summed E-state index contributed by atoms with van der Waals surface area (Å²) in [7, 11) is 0. The van der Waals surface area contributed by atoms with Crippen molar-refractivity contribution in [3.63, 3.8) is 0 Å². The van der Waals surface area contributed by atoms with E-state index in [9.17, 15) is 9.18 Å². The SMILES string of the molecule is CC(C)CN1C(=O)CSC1c1ccc[n+](-c2ccc(F)cc2)c1. The van der Waals surface area contributed by atoms with Crippen LogP contribution < -0.4 is 4.57 Å². The van der Waals surface area contributed by atoms with Crippen molar-refractivity contribution < 1.29 is 13.8 Å². The van der Waals surface area contributed by atoms with Crippen molar-refractivity contribution >= 4 is 17.7 Å². The second kappa shape index (κ2) is 6.71. The number of halogens is 1. The molecule has 120 valence electrons. The van der Waals surface area contributed by atoms with Gasteiger partial charge in [-0.15, -0.1) is 11.8 Å². The molecule has 5 heteroatoms. The summed E-state index contributed by atoms with van der Waals surface area (Å²) in [5.74, 6) is 0.924. The molecule has 0 N–H and O–H groups in total. The van der Waals surface area contributed by atoms with Crippen molar-refractivity contribution in [1.82, 2.24) is 4.90 Å². The van der Waals surface area contributed by atoms with Gasteiger partial charge in [0.2, 0.25) is 11.6 Å². The Labute approximate surface area is 140 Å². The van der Waals surface area contributed by atoms with Crippen LogP contribution in [0.4, 0.5) is 4.39 Å². The Morgan fingerprint density at radius 1 is 1.30 bits per heavy atom. The molecule has 3 nitrogen and oxygen atoms in total. The average Bonchev–Trinajstić information content (AvgIpc) is 2.89. The van der Waals surface area contributed by atoms with E-state index in [4.69, 9.17) is 0 Å². The summed E-state index contributed by atoms with van der Waals surface area (Å²) >= 11 is 1.66. The van der Waals surface area contributed by atoms with E-state index in [2.05, 4.69) is 13.8 Å². The van der Waals surface area contributed by atoms with E-state index in [1.165, 1.54) is 12.1 Å². The zero-order valence-electron chi connectivity index (χ0n) is 13.3. The molecule has 0 bridgehead atoms. The topological polar surface area (TPSA) is 24.2 Å². The highest BCUT2D eigenvalue weighted by atomic mass is 32.2. The standard InChI is InChI=1S/C18H20FN2OS/c1-13(2)10-21-17(22)12-23-18(21)14-4-3-9-20(11-14)16-7-5-15(19)6-8-16/h3-9,11,13,18H,10,12H2,1-2H3/q+1. The first-order chi connectivity index (χ1) is 11.0. The van der Waals surface area contributed by atoms with Crippen molar-refractivity contribution in [2.45, 2.75) is 19.2 Å². The summed E-state index contributed by atoms with van der Waals surface area (Å²) in [6.07, 6.45) is 3.96. The summed E-state index contributed by atoms with van der Waals surface area (Å²) in [6, 6.07) is 10.4. The Morgan fingerprint density at radius 3 is 2.74 bits per heavy atom. The maximum absolute atomic E-state index is 13.1. The Morgan fingerprint density at radius 2 is 2.04 bits per heavy atom. The van der Waals surface area contributed by atoms with Gasteiger partial charge >= 0.3 is 0 Å². The van der Waals surface area contributed by atoms with E-state index >= 15 is 0 Å². The predicted molar refractivity (Wildman–Crippen MR) is 89.7 cm³/mol. The Balaban J connectivity index is 1.90. The molecule has 1 aliphatic heterocycles. The molecular weight excluding hydrogens is 311 g/mol. The van der Waals surface area contributed by atoms with Crippen LogP contribution in [0.25, 0.3) is 5.69 Å². The molecule has 1 saturated heterocycles. The van der Waals surface area contributed by atoms with E-state index in [1.54, 1.807) is 23.9 Å². The Kier molecular flexibility index (Phi) is 4.66. The van der Waals surface area contributed by atoms with Crippen LogP contribution in [0, 0.1) is 11.7 Å². The minimum Gasteiger partial charge on any atom is -0.325 e. The van der Waals surface area contributed by atoms with Crippen LogP contribution in [0.1, 0.15) is 24.8 Å². The number of carbonyl (C=O) groups excluding carboxylic acids is 1. The fourth-order valence-electron chi connectivity index (χ4n) is 2.73. The lowest BCUT2D eigenvalue weighted by Crippen LogP contribution is -2.34. The van der Waals surface area contributed by atoms with Crippen molar-refractivity contribution in [3.05, 3.63) is 60.2 Å². The molecule has 1 atom stereocenters. The van der Waals surface area contributed by atoms with Crippen LogP contribution in [-0.4, -0.2) is 23.1 Å². The molecule has 23 heavy (non-hydrogen) atoms. The van der Waals surface area contributed by atoms with Gasteiger partial charge in [-0.25, -0.2) is 4.39 Å². The number of pyridine rings is 1. The molecule has 1 fully saturated rings. The molecular formula is C18H20FN2OS+. The lowest BCUT2D eigenvalue weighted by molar-refractivity contribution is -0.596. The third kappa shape index (κ3) is 3.55. The largest absolute Gasteiger partial charge is 0.325 e. The molecule has 1 aliphatic rings. The monoisotopic (exact) mass is 331 g/mol. The summed E-state index contributed by atoms with van der Waals surface area (Å²) in [5, 5.41) is 0.0535. The number of amides is 1. The van der Waals surface area contributed by atoms with Gasteiger partial charge < -0.3 is 4.90 Å². The van der Waals surface area contributed by atoms with Gasteiger partial charge in [-0.2, -0.15) is 4.57 Å². The van der Waals surface area contributed by atoms with Gasteiger partial charge in [0.25, 0.3) is 0 Å². The third-order valence-corrected chi connectivity index (χ3v) is 5.02. The first kappa shape index (κ1) is 16.0. The van der Waals surface area contributed by atoms with Crippen molar-refractivity contribution in [1.29, 1.82) is 0 Å².